The Kier molecular flexibility index (Phi) is 5.66. The molecule has 3 aromatic heterocycles. The monoisotopic (exact) mass is 524 g/mol. The number of thiophene rings is 1. The minimum absolute atomic E-state index is 0.319. The number of hydrogen-bond acceptors (Lipinski definition) is 7. The van der Waals surface area contributed by atoms with Crippen molar-refractivity contribution in [3.63, 3.8) is 0 Å². The molecule has 6 rings (SSSR count). The number of carboxylic acids is 1. The summed E-state index contributed by atoms with van der Waals surface area (Å²) in [4.78, 5) is 23.9. The van der Waals surface area contributed by atoms with Gasteiger partial charge >= 0.3 is 5.97 Å². The van der Waals surface area contributed by atoms with Gasteiger partial charge in [0.2, 0.25) is 0 Å². The standard InChI is InChI=1S/C26H25ClN4O4S/c1-26(21-7-6-16(27)13-28-21)34-19-5-3-4-17(23(19)35-26)15-8-10-31(11-9-15)14-22-29-24-18(30(22)2)12-20(36-24)25(32)33/h3-7,12-13,15H,8-11,14H2,1-2H3,(H,32,33)/t26-/m0/s1. The van der Waals surface area contributed by atoms with Gasteiger partial charge in [-0.15, -0.1) is 11.3 Å². The molecule has 2 aliphatic rings. The number of carbonyl (C=O) groups is 1. The minimum Gasteiger partial charge on any atom is -0.477 e. The molecule has 8 nitrogen and oxygen atoms in total. The lowest BCUT2D eigenvalue weighted by Gasteiger charge is -2.32. The Morgan fingerprint density at radius 1 is 1.25 bits per heavy atom. The number of likely N-dealkylation sites (tertiary alicyclic amines) is 1. The Morgan fingerprint density at radius 2 is 2.06 bits per heavy atom. The molecule has 1 aromatic carbocycles. The summed E-state index contributed by atoms with van der Waals surface area (Å²) in [6.45, 7) is 4.49. The predicted octanol–water partition coefficient (Wildman–Crippen LogP) is 5.41. The van der Waals surface area contributed by atoms with Crippen molar-refractivity contribution in [2.45, 2.75) is 38.0 Å². The second kappa shape index (κ2) is 8.76. The highest BCUT2D eigenvalue weighted by molar-refractivity contribution is 7.20. The first-order valence-corrected chi connectivity index (χ1v) is 13.0. The van der Waals surface area contributed by atoms with E-state index in [4.69, 9.17) is 26.1 Å². The Balaban J connectivity index is 1.15. The molecule has 186 valence electrons. The number of halogens is 1. The van der Waals surface area contributed by atoms with E-state index in [9.17, 15) is 9.90 Å². The van der Waals surface area contributed by atoms with Crippen LogP contribution in [0.4, 0.5) is 0 Å². The number of ether oxygens (including phenoxy) is 2. The molecule has 0 saturated carbocycles. The van der Waals surface area contributed by atoms with Gasteiger partial charge in [-0.2, -0.15) is 0 Å². The molecule has 4 aromatic rings. The van der Waals surface area contributed by atoms with Gasteiger partial charge in [0.15, 0.2) is 11.5 Å². The molecule has 0 aliphatic carbocycles. The zero-order valence-corrected chi connectivity index (χ0v) is 21.5. The number of piperidine rings is 1. The maximum absolute atomic E-state index is 11.3. The summed E-state index contributed by atoms with van der Waals surface area (Å²) >= 11 is 7.23. The maximum Gasteiger partial charge on any atom is 0.346 e. The molecule has 0 radical (unpaired) electrons. The summed E-state index contributed by atoms with van der Waals surface area (Å²) < 4.78 is 14.6. The van der Waals surface area contributed by atoms with Crippen LogP contribution in [-0.4, -0.2) is 43.6 Å². The molecule has 10 heteroatoms. The van der Waals surface area contributed by atoms with Gasteiger partial charge in [-0.25, -0.2) is 9.78 Å². The molecule has 36 heavy (non-hydrogen) atoms. The van der Waals surface area contributed by atoms with Crippen molar-refractivity contribution in [2.75, 3.05) is 13.1 Å². The molecule has 1 fully saturated rings. The number of fused-ring (bicyclic) bond motifs is 2. The van der Waals surface area contributed by atoms with E-state index in [2.05, 4.69) is 16.0 Å². The van der Waals surface area contributed by atoms with Crippen LogP contribution >= 0.6 is 22.9 Å². The normalized spacial score (nSPS) is 20.3. The van der Waals surface area contributed by atoms with Crippen molar-refractivity contribution >= 4 is 39.3 Å². The van der Waals surface area contributed by atoms with Crippen molar-refractivity contribution in [2.24, 2.45) is 7.05 Å². The van der Waals surface area contributed by atoms with Crippen LogP contribution in [0.25, 0.3) is 10.3 Å². The average Bonchev–Trinajstić information content (AvgIpc) is 3.52. The van der Waals surface area contributed by atoms with Gasteiger partial charge in [0.05, 0.1) is 17.1 Å². The van der Waals surface area contributed by atoms with Crippen molar-refractivity contribution in [1.29, 1.82) is 0 Å². The van der Waals surface area contributed by atoms with E-state index in [1.807, 2.05) is 36.7 Å². The number of hydrogen-bond donors (Lipinski definition) is 1. The SMILES string of the molecule is Cn1c(CN2CCC(c3cccc4c3O[C@@](C)(c3ccc(Cl)cn3)O4)CC2)nc2sc(C(=O)O)cc21. The third-order valence-corrected chi connectivity index (χ3v) is 8.31. The van der Waals surface area contributed by atoms with E-state index in [-0.39, 0.29) is 0 Å². The number of rotatable bonds is 5. The van der Waals surface area contributed by atoms with Crippen molar-refractivity contribution in [1.82, 2.24) is 19.4 Å². The van der Waals surface area contributed by atoms with E-state index in [0.29, 0.717) is 21.5 Å². The highest BCUT2D eigenvalue weighted by Gasteiger charge is 2.42. The van der Waals surface area contributed by atoms with Crippen molar-refractivity contribution in [3.05, 3.63) is 69.6 Å². The second-order valence-corrected chi connectivity index (χ2v) is 10.9. The first-order chi connectivity index (χ1) is 17.3. The van der Waals surface area contributed by atoms with Crippen LogP contribution in [0.3, 0.4) is 0 Å². The summed E-state index contributed by atoms with van der Waals surface area (Å²) in [6.07, 6.45) is 3.60. The lowest BCUT2D eigenvalue weighted by atomic mass is 9.88. The summed E-state index contributed by atoms with van der Waals surface area (Å²) in [7, 11) is 1.95. The molecule has 0 unspecified atom stereocenters. The molecule has 1 N–H and O–H groups in total. The molecular weight excluding hydrogens is 500 g/mol. The zero-order valence-electron chi connectivity index (χ0n) is 19.9. The smallest absolute Gasteiger partial charge is 0.346 e. The molecule has 0 spiro atoms. The van der Waals surface area contributed by atoms with Gasteiger partial charge in [0, 0.05) is 25.7 Å². The number of nitrogens with zero attached hydrogens (tertiary/aromatic N) is 4. The van der Waals surface area contributed by atoms with Gasteiger partial charge in [0.25, 0.3) is 5.79 Å². The van der Waals surface area contributed by atoms with Crippen LogP contribution in [0.1, 0.15) is 52.4 Å². The van der Waals surface area contributed by atoms with E-state index in [1.165, 1.54) is 16.9 Å². The third kappa shape index (κ3) is 4.01. The largest absolute Gasteiger partial charge is 0.477 e. The fourth-order valence-electron chi connectivity index (χ4n) is 5.09. The zero-order chi connectivity index (χ0) is 25.0. The lowest BCUT2D eigenvalue weighted by Crippen LogP contribution is -2.34. The first-order valence-electron chi connectivity index (χ1n) is 11.8. The molecule has 0 amide bonds. The van der Waals surface area contributed by atoms with Crippen molar-refractivity contribution in [3.8, 4) is 11.5 Å². The van der Waals surface area contributed by atoms with Gasteiger partial charge < -0.3 is 19.1 Å². The summed E-state index contributed by atoms with van der Waals surface area (Å²) in [6, 6.07) is 11.4. The third-order valence-electron chi connectivity index (χ3n) is 7.08. The second-order valence-electron chi connectivity index (χ2n) is 9.43. The van der Waals surface area contributed by atoms with Crippen LogP contribution in [-0.2, 0) is 19.4 Å². The summed E-state index contributed by atoms with van der Waals surface area (Å²) in [5.41, 5.74) is 2.72. The summed E-state index contributed by atoms with van der Waals surface area (Å²) in [5.74, 6) is 0.957. The molecule has 1 saturated heterocycles. The number of carboxylic acid groups (broad SMARTS) is 1. The van der Waals surface area contributed by atoms with Crippen LogP contribution < -0.4 is 9.47 Å². The van der Waals surface area contributed by atoms with Gasteiger partial charge in [0.1, 0.15) is 21.2 Å². The quantitative estimate of drug-likeness (QED) is 0.373. The average molecular weight is 525 g/mol. The number of benzene rings is 1. The van der Waals surface area contributed by atoms with Gasteiger partial charge in [-0.05, 0) is 56.1 Å². The van der Waals surface area contributed by atoms with Gasteiger partial charge in [-0.1, -0.05) is 23.7 Å². The molecule has 1 atom stereocenters. The number of para-hydroxylation sites is 1. The molecular formula is C26H25ClN4O4S. The van der Waals surface area contributed by atoms with E-state index < -0.39 is 11.8 Å². The Morgan fingerprint density at radius 3 is 2.75 bits per heavy atom. The van der Waals surface area contributed by atoms with Crippen molar-refractivity contribution < 1.29 is 19.4 Å². The van der Waals surface area contributed by atoms with Crippen LogP contribution in [0, 0.1) is 0 Å². The topological polar surface area (TPSA) is 89.7 Å². The molecule has 2 aliphatic heterocycles. The maximum atomic E-state index is 11.3. The number of imidazole rings is 1. The Labute approximate surface area is 217 Å². The van der Waals surface area contributed by atoms with Gasteiger partial charge in [-0.3, -0.25) is 9.88 Å². The van der Waals surface area contributed by atoms with Crippen LogP contribution in [0.5, 0.6) is 11.5 Å². The van der Waals surface area contributed by atoms with Crippen LogP contribution in [0.15, 0.2) is 42.6 Å². The van der Waals surface area contributed by atoms with Crippen LogP contribution in [0.2, 0.25) is 5.02 Å². The number of aromatic carboxylic acids is 1. The Bertz CT molecular complexity index is 1460. The number of pyridine rings is 1. The molecule has 5 heterocycles. The fraction of sp³-hybridized carbons (Fsp3) is 0.346. The predicted molar refractivity (Wildman–Crippen MR) is 137 cm³/mol. The summed E-state index contributed by atoms with van der Waals surface area (Å²) in [5, 5.41) is 9.81. The minimum atomic E-state index is -0.991. The van der Waals surface area contributed by atoms with E-state index in [0.717, 1.165) is 60.1 Å². The number of aryl methyl sites for hydroxylation is 1. The Hall–Kier alpha value is -3.14. The fourth-order valence-corrected chi connectivity index (χ4v) is 6.12. The first kappa shape index (κ1) is 23.3. The number of aromatic nitrogens is 3. The highest BCUT2D eigenvalue weighted by Crippen LogP contribution is 2.49. The van der Waals surface area contributed by atoms with E-state index >= 15 is 0 Å². The lowest BCUT2D eigenvalue weighted by molar-refractivity contribution is -0.0722. The van der Waals surface area contributed by atoms with E-state index in [1.54, 1.807) is 18.3 Å². The highest BCUT2D eigenvalue weighted by atomic mass is 35.5. The molecule has 0 bridgehead atoms.